The maximum atomic E-state index is 13.4. The van der Waals surface area contributed by atoms with E-state index in [9.17, 15) is 18.0 Å². The zero-order chi connectivity index (χ0) is 25.4. The summed E-state index contributed by atoms with van der Waals surface area (Å²) >= 11 is 0. The molecule has 10 heteroatoms. The zero-order valence-electron chi connectivity index (χ0n) is 20.6. The third-order valence-corrected chi connectivity index (χ3v) is 6.53. The number of nitrogens with zero attached hydrogens (tertiary/aromatic N) is 3. The van der Waals surface area contributed by atoms with Crippen molar-refractivity contribution in [1.82, 2.24) is 14.7 Å². The Morgan fingerprint density at radius 2 is 1.97 bits per heavy atom. The molecule has 0 unspecified atom stereocenters. The summed E-state index contributed by atoms with van der Waals surface area (Å²) in [4.78, 5) is 17.6. The number of hydrogen-bond donors (Lipinski definition) is 1. The summed E-state index contributed by atoms with van der Waals surface area (Å²) in [5.74, 6) is -0.682. The number of rotatable bonds is 6. The van der Waals surface area contributed by atoms with E-state index >= 15 is 0 Å². The van der Waals surface area contributed by atoms with Crippen molar-refractivity contribution < 1.29 is 27.4 Å². The first-order chi connectivity index (χ1) is 16.4. The van der Waals surface area contributed by atoms with E-state index in [-0.39, 0.29) is 35.5 Å². The van der Waals surface area contributed by atoms with Crippen molar-refractivity contribution in [2.24, 2.45) is 12.0 Å². The molecule has 1 aromatic heterocycles. The summed E-state index contributed by atoms with van der Waals surface area (Å²) in [7, 11) is 1.89. The van der Waals surface area contributed by atoms with Gasteiger partial charge < -0.3 is 14.8 Å². The summed E-state index contributed by atoms with van der Waals surface area (Å²) in [6.07, 6.45) is -1.81. The van der Waals surface area contributed by atoms with Crippen LogP contribution in [0.25, 0.3) is 0 Å². The van der Waals surface area contributed by atoms with E-state index in [2.05, 4.69) is 31.1 Å². The minimum atomic E-state index is -4.59. The van der Waals surface area contributed by atoms with E-state index in [0.717, 1.165) is 43.6 Å². The molecule has 0 saturated carbocycles. The van der Waals surface area contributed by atoms with Gasteiger partial charge >= 0.3 is 6.18 Å². The Bertz CT molecular complexity index is 1130. The Morgan fingerprint density at radius 1 is 1.23 bits per heavy atom. The molecule has 4 rings (SSSR count). The molecule has 1 N–H and O–H groups in total. The highest BCUT2D eigenvalue weighted by Crippen LogP contribution is 2.33. The van der Waals surface area contributed by atoms with Crippen LogP contribution in [0.5, 0.6) is 5.75 Å². The minimum Gasteiger partial charge on any atom is -0.491 e. The van der Waals surface area contributed by atoms with E-state index in [4.69, 9.17) is 9.47 Å². The average molecular weight is 495 g/mol. The molecule has 2 atom stereocenters. The molecule has 1 aromatic carbocycles. The van der Waals surface area contributed by atoms with E-state index in [1.165, 1.54) is 6.07 Å². The van der Waals surface area contributed by atoms with E-state index in [0.29, 0.717) is 18.6 Å². The van der Waals surface area contributed by atoms with Crippen molar-refractivity contribution in [2.75, 3.05) is 19.8 Å². The molecule has 0 bridgehead atoms. The molecule has 3 heterocycles. The van der Waals surface area contributed by atoms with Gasteiger partial charge in [-0.1, -0.05) is 20.8 Å². The SMILES string of the molecule is Cn1c(C(C)(C)C)cc(=NC(=O)c2cc(C(F)(F)F)ccc2OC[C@H]2CCN2)n1C[C@H]1CCCO1. The summed E-state index contributed by atoms with van der Waals surface area (Å²) in [6.45, 7) is 8.49. The lowest BCUT2D eigenvalue weighted by Gasteiger charge is -2.27. The first-order valence-corrected chi connectivity index (χ1v) is 12.0. The quantitative estimate of drug-likeness (QED) is 0.663. The van der Waals surface area contributed by atoms with E-state index in [1.54, 1.807) is 0 Å². The standard InChI is InChI=1S/C25H33F3N4O3/c1-24(2,3)21-13-22(32(31(21)4)14-18-6-5-11-34-18)30-23(33)19-12-16(25(26,27)28)7-8-20(19)35-15-17-9-10-29-17/h7-8,12-13,17-18,29H,5-6,9-11,14-15H2,1-4H3/t17-,18-/m1/s1. The normalized spacial score (nSPS) is 21.3. The van der Waals surface area contributed by atoms with Crippen molar-refractivity contribution in [2.45, 2.75) is 70.3 Å². The number of carbonyl (C=O) groups excluding carboxylic acids is 1. The molecule has 2 aromatic rings. The molecular weight excluding hydrogens is 461 g/mol. The molecule has 1 amide bonds. The highest BCUT2D eigenvalue weighted by Gasteiger charge is 2.32. The molecule has 2 fully saturated rings. The number of hydrogen-bond acceptors (Lipinski definition) is 4. The lowest BCUT2D eigenvalue weighted by Crippen LogP contribution is -2.46. The van der Waals surface area contributed by atoms with Gasteiger partial charge in [0.05, 0.1) is 23.8 Å². The van der Waals surface area contributed by atoms with E-state index < -0.39 is 17.6 Å². The second-order valence-corrected chi connectivity index (χ2v) is 10.3. The van der Waals surface area contributed by atoms with Crippen molar-refractivity contribution >= 4 is 5.91 Å². The maximum Gasteiger partial charge on any atom is 0.416 e. The number of carbonyl (C=O) groups is 1. The maximum absolute atomic E-state index is 13.4. The topological polar surface area (TPSA) is 69.8 Å². The minimum absolute atomic E-state index is 0.00658. The van der Waals surface area contributed by atoms with Crippen LogP contribution in [0.1, 0.15) is 61.6 Å². The summed E-state index contributed by atoms with van der Waals surface area (Å²) in [5, 5.41) is 3.17. The number of alkyl halides is 3. The smallest absolute Gasteiger partial charge is 0.416 e. The Hall–Kier alpha value is -2.59. The molecule has 192 valence electrons. The average Bonchev–Trinajstić information content (AvgIpc) is 3.35. The van der Waals surface area contributed by atoms with Crippen LogP contribution in [0, 0.1) is 0 Å². The summed E-state index contributed by atoms with van der Waals surface area (Å²) < 4.78 is 55.6. The molecule has 7 nitrogen and oxygen atoms in total. The second-order valence-electron chi connectivity index (χ2n) is 10.3. The van der Waals surface area contributed by atoms with Crippen molar-refractivity contribution in [3.05, 3.63) is 46.6 Å². The first kappa shape index (κ1) is 25.5. The fourth-order valence-electron chi connectivity index (χ4n) is 4.41. The highest BCUT2D eigenvalue weighted by molar-refractivity contribution is 5.97. The van der Waals surface area contributed by atoms with Gasteiger partial charge in [-0.3, -0.25) is 14.2 Å². The Morgan fingerprint density at radius 3 is 2.54 bits per heavy atom. The van der Waals surface area contributed by atoms with Crippen LogP contribution in [0.15, 0.2) is 29.3 Å². The third kappa shape index (κ3) is 5.81. The Balaban J connectivity index is 1.74. The predicted octanol–water partition coefficient (Wildman–Crippen LogP) is 3.80. The van der Waals surface area contributed by atoms with Crippen molar-refractivity contribution in [1.29, 1.82) is 0 Å². The number of benzene rings is 1. The molecule has 0 aliphatic carbocycles. The van der Waals surface area contributed by atoms with E-state index in [1.807, 2.05) is 22.5 Å². The highest BCUT2D eigenvalue weighted by atomic mass is 19.4. The van der Waals surface area contributed by atoms with Gasteiger partial charge in [0.1, 0.15) is 12.4 Å². The second kappa shape index (κ2) is 9.81. The monoisotopic (exact) mass is 494 g/mol. The predicted molar refractivity (Wildman–Crippen MR) is 124 cm³/mol. The van der Waals surface area contributed by atoms with Gasteiger partial charge in [0.25, 0.3) is 5.91 Å². The van der Waals surface area contributed by atoms with Crippen molar-refractivity contribution in [3.8, 4) is 5.75 Å². The van der Waals surface area contributed by atoms with Crippen LogP contribution in [-0.4, -0.2) is 47.2 Å². The van der Waals surface area contributed by atoms with Gasteiger partial charge in [0.15, 0.2) is 5.49 Å². The Kier molecular flexibility index (Phi) is 7.15. The van der Waals surface area contributed by atoms with Gasteiger partial charge in [-0.15, -0.1) is 0 Å². The number of nitrogens with one attached hydrogen (secondary N) is 1. The van der Waals surface area contributed by atoms with Crippen LogP contribution >= 0.6 is 0 Å². The molecule has 2 saturated heterocycles. The molecular formula is C25H33F3N4O3. The largest absolute Gasteiger partial charge is 0.491 e. The molecule has 35 heavy (non-hydrogen) atoms. The number of halogens is 3. The van der Waals surface area contributed by atoms with Crippen LogP contribution in [0.4, 0.5) is 13.2 Å². The fourth-order valence-corrected chi connectivity index (χ4v) is 4.41. The summed E-state index contributed by atoms with van der Waals surface area (Å²) in [6, 6.07) is 4.90. The van der Waals surface area contributed by atoms with Crippen LogP contribution in [-0.2, 0) is 29.9 Å². The van der Waals surface area contributed by atoms with Gasteiger partial charge in [-0.2, -0.15) is 18.2 Å². The van der Waals surface area contributed by atoms with Crippen LogP contribution in [0.2, 0.25) is 0 Å². The fraction of sp³-hybridized carbons (Fsp3) is 0.600. The lowest BCUT2D eigenvalue weighted by molar-refractivity contribution is -0.137. The molecule has 2 aliphatic rings. The molecule has 0 spiro atoms. The third-order valence-electron chi connectivity index (χ3n) is 6.53. The molecule has 2 aliphatic heterocycles. The molecule has 0 radical (unpaired) electrons. The number of amides is 1. The number of aromatic nitrogens is 2. The van der Waals surface area contributed by atoms with Crippen LogP contribution < -0.4 is 15.5 Å². The van der Waals surface area contributed by atoms with Gasteiger partial charge in [-0.25, -0.2) is 0 Å². The van der Waals surface area contributed by atoms with Gasteiger partial charge in [-0.05, 0) is 44.0 Å². The van der Waals surface area contributed by atoms with Crippen molar-refractivity contribution in [3.63, 3.8) is 0 Å². The Labute approximate surface area is 202 Å². The number of ether oxygens (including phenoxy) is 2. The summed E-state index contributed by atoms with van der Waals surface area (Å²) in [5.41, 5.74) is -0.0326. The van der Waals surface area contributed by atoms with Gasteiger partial charge in [0, 0.05) is 36.9 Å². The van der Waals surface area contributed by atoms with Gasteiger partial charge in [0.2, 0.25) is 0 Å². The first-order valence-electron chi connectivity index (χ1n) is 12.0. The zero-order valence-corrected chi connectivity index (χ0v) is 20.6. The lowest BCUT2D eigenvalue weighted by atomic mass is 9.92. The van der Waals surface area contributed by atoms with Crippen LogP contribution in [0.3, 0.4) is 0 Å².